The molecule has 2 saturated heterocycles. The lowest BCUT2D eigenvalue weighted by atomic mass is 9.79. The van der Waals surface area contributed by atoms with Gasteiger partial charge in [-0.1, -0.05) is 0 Å². The SMILES string of the molecule is O=C(O)[C@@H]1[C@@H](C(F)(F)F)[C@@H]2CC[C@H]1O2. The van der Waals surface area contributed by atoms with Crippen LogP contribution in [0.25, 0.3) is 0 Å². The second kappa shape index (κ2) is 2.85. The molecule has 0 unspecified atom stereocenters. The third kappa shape index (κ3) is 1.28. The molecule has 2 aliphatic heterocycles. The largest absolute Gasteiger partial charge is 0.481 e. The summed E-state index contributed by atoms with van der Waals surface area (Å²) in [5, 5.41) is 8.69. The topological polar surface area (TPSA) is 46.5 Å². The average molecular weight is 210 g/mol. The first-order valence-electron chi connectivity index (χ1n) is 4.36. The average Bonchev–Trinajstić information content (AvgIpc) is 2.58. The van der Waals surface area contributed by atoms with E-state index in [1.807, 2.05) is 0 Å². The third-order valence-corrected chi connectivity index (χ3v) is 2.94. The van der Waals surface area contributed by atoms with E-state index in [0.29, 0.717) is 12.8 Å². The minimum Gasteiger partial charge on any atom is -0.481 e. The van der Waals surface area contributed by atoms with E-state index < -0.39 is 36.2 Å². The first kappa shape index (κ1) is 9.76. The van der Waals surface area contributed by atoms with Crippen molar-refractivity contribution in [2.45, 2.75) is 31.2 Å². The summed E-state index contributed by atoms with van der Waals surface area (Å²) >= 11 is 0. The van der Waals surface area contributed by atoms with Gasteiger partial charge in [-0.05, 0) is 12.8 Å². The molecule has 14 heavy (non-hydrogen) atoms. The van der Waals surface area contributed by atoms with E-state index in [0.717, 1.165) is 0 Å². The van der Waals surface area contributed by atoms with Crippen molar-refractivity contribution in [1.29, 1.82) is 0 Å². The Morgan fingerprint density at radius 3 is 2.29 bits per heavy atom. The molecular formula is C8H9F3O3. The molecule has 0 spiro atoms. The molecule has 0 aliphatic carbocycles. The summed E-state index contributed by atoms with van der Waals surface area (Å²) in [6.07, 6.45) is -5.42. The highest BCUT2D eigenvalue weighted by atomic mass is 19.4. The Labute approximate surface area is 77.8 Å². The maximum atomic E-state index is 12.5. The number of ether oxygens (including phenoxy) is 1. The van der Waals surface area contributed by atoms with E-state index in [1.54, 1.807) is 0 Å². The van der Waals surface area contributed by atoms with Gasteiger partial charge in [-0.15, -0.1) is 0 Å². The van der Waals surface area contributed by atoms with Crippen molar-refractivity contribution in [3.63, 3.8) is 0 Å². The molecule has 1 N–H and O–H groups in total. The fraction of sp³-hybridized carbons (Fsp3) is 0.875. The van der Waals surface area contributed by atoms with Crippen LogP contribution in [-0.4, -0.2) is 29.5 Å². The van der Waals surface area contributed by atoms with E-state index in [1.165, 1.54) is 0 Å². The van der Waals surface area contributed by atoms with E-state index in [4.69, 9.17) is 9.84 Å². The number of rotatable bonds is 1. The van der Waals surface area contributed by atoms with Crippen molar-refractivity contribution in [2.24, 2.45) is 11.8 Å². The number of fused-ring (bicyclic) bond motifs is 2. The van der Waals surface area contributed by atoms with Gasteiger partial charge in [0.2, 0.25) is 0 Å². The van der Waals surface area contributed by atoms with Crippen molar-refractivity contribution in [3.8, 4) is 0 Å². The van der Waals surface area contributed by atoms with Crippen LogP contribution in [0.4, 0.5) is 13.2 Å². The molecule has 4 atom stereocenters. The maximum Gasteiger partial charge on any atom is 0.395 e. The summed E-state index contributed by atoms with van der Waals surface area (Å²) in [4.78, 5) is 10.7. The molecule has 3 nitrogen and oxygen atoms in total. The van der Waals surface area contributed by atoms with Gasteiger partial charge in [-0.2, -0.15) is 13.2 Å². The highest BCUT2D eigenvalue weighted by molar-refractivity contribution is 5.72. The Morgan fingerprint density at radius 2 is 1.86 bits per heavy atom. The molecule has 2 rings (SSSR count). The molecule has 80 valence electrons. The standard InChI is InChI=1S/C8H9F3O3/c9-8(10,11)6-4-2-1-3(14-4)5(6)7(12)13/h3-6H,1-2H2,(H,12,13)/t3-,4+,5+,6+/m1/s1. The number of halogens is 3. The summed E-state index contributed by atoms with van der Waals surface area (Å²) in [6.45, 7) is 0. The minimum atomic E-state index is -4.47. The van der Waals surface area contributed by atoms with Crippen molar-refractivity contribution in [2.75, 3.05) is 0 Å². The lowest BCUT2D eigenvalue weighted by Crippen LogP contribution is -2.42. The van der Waals surface area contributed by atoms with Crippen molar-refractivity contribution in [1.82, 2.24) is 0 Å². The van der Waals surface area contributed by atoms with E-state index in [9.17, 15) is 18.0 Å². The highest BCUT2D eigenvalue weighted by Gasteiger charge is 2.62. The van der Waals surface area contributed by atoms with Gasteiger partial charge in [0.25, 0.3) is 0 Å². The van der Waals surface area contributed by atoms with E-state index in [2.05, 4.69) is 0 Å². The number of carbonyl (C=O) groups is 1. The van der Waals surface area contributed by atoms with Crippen LogP contribution in [-0.2, 0) is 9.53 Å². The molecule has 0 aromatic heterocycles. The predicted octanol–water partition coefficient (Wildman–Crippen LogP) is 1.43. The molecule has 0 amide bonds. The van der Waals surface area contributed by atoms with Crippen molar-refractivity contribution >= 4 is 5.97 Å². The van der Waals surface area contributed by atoms with Crippen LogP contribution in [0, 0.1) is 11.8 Å². The van der Waals surface area contributed by atoms with Gasteiger partial charge in [0.05, 0.1) is 24.0 Å². The van der Waals surface area contributed by atoms with Gasteiger partial charge >= 0.3 is 12.1 Å². The number of hydrogen-bond donors (Lipinski definition) is 1. The van der Waals surface area contributed by atoms with Crippen LogP contribution >= 0.6 is 0 Å². The van der Waals surface area contributed by atoms with Crippen LogP contribution in [0.5, 0.6) is 0 Å². The predicted molar refractivity (Wildman–Crippen MR) is 38.6 cm³/mol. The molecule has 2 aliphatic rings. The Bertz CT molecular complexity index is 263. The maximum absolute atomic E-state index is 12.5. The summed E-state index contributed by atoms with van der Waals surface area (Å²) < 4.78 is 42.4. The van der Waals surface area contributed by atoms with Crippen LogP contribution in [0.3, 0.4) is 0 Å². The summed E-state index contributed by atoms with van der Waals surface area (Å²) in [5.41, 5.74) is 0. The molecule has 0 radical (unpaired) electrons. The van der Waals surface area contributed by atoms with Crippen LogP contribution in [0.15, 0.2) is 0 Å². The molecule has 0 aromatic rings. The zero-order chi connectivity index (χ0) is 10.5. The van der Waals surface area contributed by atoms with Gasteiger partial charge in [-0.25, -0.2) is 0 Å². The van der Waals surface area contributed by atoms with Gasteiger partial charge in [0.15, 0.2) is 0 Å². The molecule has 2 fully saturated rings. The molecular weight excluding hydrogens is 201 g/mol. The van der Waals surface area contributed by atoms with Gasteiger partial charge in [0, 0.05) is 0 Å². The quantitative estimate of drug-likeness (QED) is 0.712. The number of alkyl halides is 3. The second-order valence-electron chi connectivity index (χ2n) is 3.72. The number of hydrogen-bond acceptors (Lipinski definition) is 2. The Morgan fingerprint density at radius 1 is 1.29 bits per heavy atom. The fourth-order valence-electron chi connectivity index (χ4n) is 2.41. The lowest BCUT2D eigenvalue weighted by Gasteiger charge is -2.26. The van der Waals surface area contributed by atoms with Crippen LogP contribution < -0.4 is 0 Å². The van der Waals surface area contributed by atoms with Crippen molar-refractivity contribution < 1.29 is 27.8 Å². The van der Waals surface area contributed by atoms with Gasteiger partial charge in [-0.3, -0.25) is 4.79 Å². The zero-order valence-electron chi connectivity index (χ0n) is 7.12. The normalized spacial score (nSPS) is 41.6. The smallest absolute Gasteiger partial charge is 0.395 e. The third-order valence-electron chi connectivity index (χ3n) is 2.94. The first-order valence-corrected chi connectivity index (χ1v) is 4.36. The van der Waals surface area contributed by atoms with E-state index in [-0.39, 0.29) is 0 Å². The summed E-state index contributed by atoms with van der Waals surface area (Å²) in [7, 11) is 0. The second-order valence-corrected chi connectivity index (χ2v) is 3.72. The zero-order valence-corrected chi connectivity index (χ0v) is 7.12. The fourth-order valence-corrected chi connectivity index (χ4v) is 2.41. The number of carboxylic acids is 1. The first-order chi connectivity index (χ1) is 6.41. The van der Waals surface area contributed by atoms with Gasteiger partial charge < -0.3 is 9.84 Å². The molecule has 6 heteroatoms. The Kier molecular flexibility index (Phi) is 1.99. The van der Waals surface area contributed by atoms with E-state index >= 15 is 0 Å². The number of aliphatic carboxylic acids is 1. The van der Waals surface area contributed by atoms with Crippen LogP contribution in [0.2, 0.25) is 0 Å². The number of carboxylic acid groups (broad SMARTS) is 1. The van der Waals surface area contributed by atoms with Gasteiger partial charge in [0.1, 0.15) is 0 Å². The minimum absolute atomic E-state index is 0.318. The summed E-state index contributed by atoms with van der Waals surface area (Å²) in [5.74, 6) is -4.63. The molecule has 0 saturated carbocycles. The highest BCUT2D eigenvalue weighted by Crippen LogP contribution is 2.50. The molecule has 0 aromatic carbocycles. The Balaban J connectivity index is 2.26. The monoisotopic (exact) mass is 210 g/mol. The lowest BCUT2D eigenvalue weighted by molar-refractivity contribution is -0.201. The summed E-state index contributed by atoms with van der Waals surface area (Å²) in [6, 6.07) is 0. The molecule has 2 heterocycles. The van der Waals surface area contributed by atoms with Crippen molar-refractivity contribution in [3.05, 3.63) is 0 Å². The van der Waals surface area contributed by atoms with Crippen LogP contribution in [0.1, 0.15) is 12.8 Å². The Hall–Kier alpha value is -0.780. The molecule has 2 bridgehead atoms.